The predicted molar refractivity (Wildman–Crippen MR) is 101 cm³/mol. The summed E-state index contributed by atoms with van der Waals surface area (Å²) in [6, 6.07) is 7.99. The van der Waals surface area contributed by atoms with Crippen molar-refractivity contribution in [1.29, 1.82) is 0 Å². The van der Waals surface area contributed by atoms with E-state index in [1.807, 2.05) is 0 Å². The van der Waals surface area contributed by atoms with E-state index in [2.05, 4.69) is 5.32 Å². The molecule has 0 unspecified atom stereocenters. The molecule has 0 aromatic heterocycles. The number of rotatable bonds is 9. The van der Waals surface area contributed by atoms with Crippen LogP contribution >= 0.6 is 0 Å². The van der Waals surface area contributed by atoms with Gasteiger partial charge < -0.3 is 24.3 Å². The van der Waals surface area contributed by atoms with Crippen molar-refractivity contribution in [3.05, 3.63) is 51.6 Å². The number of methoxy groups -OCH3 is 3. The average molecular weight is 390 g/mol. The van der Waals surface area contributed by atoms with E-state index in [0.717, 1.165) is 5.56 Å². The lowest BCUT2D eigenvalue weighted by molar-refractivity contribution is -0.385. The van der Waals surface area contributed by atoms with Crippen LogP contribution in [0.15, 0.2) is 30.3 Å². The number of amides is 1. The molecule has 0 aliphatic heterocycles. The van der Waals surface area contributed by atoms with Gasteiger partial charge in [-0.1, -0.05) is 6.07 Å². The summed E-state index contributed by atoms with van der Waals surface area (Å²) in [5, 5.41) is 14.1. The van der Waals surface area contributed by atoms with Crippen molar-refractivity contribution in [2.24, 2.45) is 0 Å². The van der Waals surface area contributed by atoms with Crippen LogP contribution in [0.25, 0.3) is 0 Å². The lowest BCUT2D eigenvalue weighted by Gasteiger charge is -2.14. The van der Waals surface area contributed by atoms with Crippen molar-refractivity contribution in [3.63, 3.8) is 0 Å². The maximum Gasteiger partial charge on any atom is 0.280 e. The zero-order chi connectivity index (χ0) is 20.7. The highest BCUT2D eigenvalue weighted by atomic mass is 16.6. The van der Waals surface area contributed by atoms with Gasteiger partial charge in [-0.2, -0.15) is 0 Å². The third-order valence-corrected chi connectivity index (χ3v) is 3.93. The van der Waals surface area contributed by atoms with Gasteiger partial charge in [-0.25, -0.2) is 0 Å². The van der Waals surface area contributed by atoms with Crippen LogP contribution in [0.2, 0.25) is 0 Å². The highest BCUT2D eigenvalue weighted by Gasteiger charge is 2.20. The zero-order valence-corrected chi connectivity index (χ0v) is 16.1. The van der Waals surface area contributed by atoms with Gasteiger partial charge >= 0.3 is 0 Å². The van der Waals surface area contributed by atoms with Gasteiger partial charge in [0.15, 0.2) is 23.0 Å². The molecule has 150 valence electrons. The van der Waals surface area contributed by atoms with Crippen molar-refractivity contribution in [2.75, 3.05) is 21.3 Å². The minimum atomic E-state index is -0.506. The minimum absolute atomic E-state index is 0.0714. The first-order valence-electron chi connectivity index (χ1n) is 8.33. The largest absolute Gasteiger partial charge is 0.493 e. The van der Waals surface area contributed by atoms with Crippen molar-refractivity contribution in [1.82, 2.24) is 5.32 Å². The van der Waals surface area contributed by atoms with Crippen LogP contribution in [0.4, 0.5) is 5.69 Å². The van der Waals surface area contributed by atoms with Gasteiger partial charge in [-0.3, -0.25) is 14.9 Å². The molecular weight excluding hydrogens is 368 g/mol. The van der Waals surface area contributed by atoms with Crippen molar-refractivity contribution < 1.29 is 28.7 Å². The van der Waals surface area contributed by atoms with Crippen LogP contribution in [0.1, 0.15) is 18.1 Å². The highest BCUT2D eigenvalue weighted by Crippen LogP contribution is 2.36. The van der Waals surface area contributed by atoms with Crippen LogP contribution < -0.4 is 24.3 Å². The molecule has 0 radical (unpaired) electrons. The number of ether oxygens (including phenoxy) is 4. The molecule has 28 heavy (non-hydrogen) atoms. The Labute approximate surface area is 162 Å². The van der Waals surface area contributed by atoms with E-state index in [1.54, 1.807) is 18.2 Å². The Morgan fingerprint density at radius 1 is 1.00 bits per heavy atom. The van der Waals surface area contributed by atoms with Crippen LogP contribution in [-0.2, 0) is 17.9 Å². The first-order chi connectivity index (χ1) is 13.4. The summed E-state index contributed by atoms with van der Waals surface area (Å²) in [4.78, 5) is 21.9. The molecule has 0 saturated carbocycles. The van der Waals surface area contributed by atoms with Gasteiger partial charge in [0, 0.05) is 13.5 Å². The fourth-order valence-corrected chi connectivity index (χ4v) is 2.52. The topological polar surface area (TPSA) is 109 Å². The molecule has 0 fully saturated rings. The molecule has 0 aliphatic carbocycles. The monoisotopic (exact) mass is 390 g/mol. The summed E-state index contributed by atoms with van der Waals surface area (Å²) in [7, 11) is 4.35. The van der Waals surface area contributed by atoms with E-state index < -0.39 is 4.92 Å². The molecule has 1 N–H and O–H groups in total. The SMILES string of the molecule is COc1cc(COc2ccc(CNC(C)=O)cc2OC)c([N+](=O)[O-])cc1OC. The Kier molecular flexibility index (Phi) is 7.02. The summed E-state index contributed by atoms with van der Waals surface area (Å²) in [6.45, 7) is 1.72. The summed E-state index contributed by atoms with van der Waals surface area (Å²) in [5.74, 6) is 1.35. The second-order valence-electron chi connectivity index (χ2n) is 5.78. The minimum Gasteiger partial charge on any atom is -0.493 e. The van der Waals surface area contributed by atoms with Crippen LogP contribution in [-0.4, -0.2) is 32.2 Å². The molecule has 2 aromatic rings. The lowest BCUT2D eigenvalue weighted by atomic mass is 10.1. The second kappa shape index (κ2) is 9.45. The molecular formula is C19H22N2O7. The van der Waals surface area contributed by atoms with E-state index in [4.69, 9.17) is 18.9 Å². The Morgan fingerprint density at radius 2 is 1.61 bits per heavy atom. The number of benzene rings is 2. The molecule has 0 bridgehead atoms. The van der Waals surface area contributed by atoms with Crippen LogP contribution in [0.3, 0.4) is 0 Å². The predicted octanol–water partition coefficient (Wildman–Crippen LogP) is 2.84. The summed E-state index contributed by atoms with van der Waals surface area (Å²) in [5.41, 5.74) is 1.02. The number of carbonyl (C=O) groups excluding carboxylic acids is 1. The number of nitro groups is 1. The number of hydrogen-bond acceptors (Lipinski definition) is 7. The van der Waals surface area contributed by atoms with Crippen LogP contribution in [0, 0.1) is 10.1 Å². The number of carbonyl (C=O) groups is 1. The standard InChI is InChI=1S/C19H22N2O7/c1-12(22)20-10-13-5-6-16(17(7-13)25-2)28-11-14-8-18(26-3)19(27-4)9-15(14)21(23)24/h5-9H,10-11H2,1-4H3,(H,20,22). The highest BCUT2D eigenvalue weighted by molar-refractivity contribution is 5.72. The number of nitrogens with zero attached hydrogens (tertiary/aromatic N) is 1. The summed E-state index contributed by atoms with van der Waals surface area (Å²) >= 11 is 0. The molecule has 0 heterocycles. The quantitative estimate of drug-likeness (QED) is 0.518. The maximum absolute atomic E-state index is 11.4. The molecule has 0 saturated heterocycles. The van der Waals surface area contributed by atoms with E-state index >= 15 is 0 Å². The van der Waals surface area contributed by atoms with E-state index in [0.29, 0.717) is 29.4 Å². The normalized spacial score (nSPS) is 10.1. The Balaban J connectivity index is 2.25. The molecule has 0 spiro atoms. The first kappa shape index (κ1) is 20.8. The van der Waals surface area contributed by atoms with E-state index in [9.17, 15) is 14.9 Å². The van der Waals surface area contributed by atoms with Crippen molar-refractivity contribution in [2.45, 2.75) is 20.1 Å². The van der Waals surface area contributed by atoms with Gasteiger partial charge in [0.1, 0.15) is 6.61 Å². The Morgan fingerprint density at radius 3 is 2.18 bits per heavy atom. The van der Waals surface area contributed by atoms with Gasteiger partial charge in [-0.15, -0.1) is 0 Å². The molecule has 0 aliphatic rings. The molecule has 9 nitrogen and oxygen atoms in total. The van der Waals surface area contributed by atoms with E-state index in [-0.39, 0.29) is 24.0 Å². The van der Waals surface area contributed by atoms with Gasteiger partial charge in [0.2, 0.25) is 5.91 Å². The Hall–Kier alpha value is -3.49. The first-order valence-corrected chi connectivity index (χ1v) is 8.33. The molecule has 0 atom stereocenters. The van der Waals surface area contributed by atoms with E-state index in [1.165, 1.54) is 40.4 Å². The maximum atomic E-state index is 11.4. The van der Waals surface area contributed by atoms with Gasteiger partial charge in [0.05, 0.1) is 37.9 Å². The number of nitrogens with one attached hydrogen (secondary N) is 1. The molecule has 2 aromatic carbocycles. The van der Waals surface area contributed by atoms with Gasteiger partial charge in [-0.05, 0) is 23.8 Å². The molecule has 2 rings (SSSR count). The average Bonchev–Trinajstić information content (AvgIpc) is 2.69. The molecule has 1 amide bonds. The molecule has 9 heteroatoms. The summed E-state index contributed by atoms with van der Waals surface area (Å²) < 4.78 is 21.4. The third kappa shape index (κ3) is 5.03. The third-order valence-electron chi connectivity index (χ3n) is 3.93. The van der Waals surface area contributed by atoms with Crippen molar-refractivity contribution in [3.8, 4) is 23.0 Å². The van der Waals surface area contributed by atoms with Crippen LogP contribution in [0.5, 0.6) is 23.0 Å². The summed E-state index contributed by atoms with van der Waals surface area (Å²) in [6.07, 6.45) is 0. The zero-order valence-electron chi connectivity index (χ0n) is 16.1. The number of nitro benzene ring substituents is 1. The fourth-order valence-electron chi connectivity index (χ4n) is 2.52. The second-order valence-corrected chi connectivity index (χ2v) is 5.78. The smallest absolute Gasteiger partial charge is 0.280 e. The van der Waals surface area contributed by atoms with Crippen molar-refractivity contribution >= 4 is 11.6 Å². The fraction of sp³-hybridized carbons (Fsp3) is 0.316. The Bertz CT molecular complexity index is 868. The van der Waals surface area contributed by atoms with Gasteiger partial charge in [0.25, 0.3) is 5.69 Å². The number of hydrogen-bond donors (Lipinski definition) is 1. The lowest BCUT2D eigenvalue weighted by Crippen LogP contribution is -2.18.